The van der Waals surface area contributed by atoms with Gasteiger partial charge in [0.15, 0.2) is 5.78 Å². The number of nitrogens with one attached hydrogen (secondary N) is 2. The van der Waals surface area contributed by atoms with E-state index in [9.17, 15) is 9.59 Å². The lowest BCUT2D eigenvalue weighted by molar-refractivity contribution is 0.101. The molecule has 2 amide bonds. The number of pyridine rings is 1. The Morgan fingerprint density at radius 1 is 1.05 bits per heavy atom. The van der Waals surface area contributed by atoms with Gasteiger partial charge < -0.3 is 10.6 Å². The van der Waals surface area contributed by atoms with Crippen molar-refractivity contribution < 1.29 is 9.59 Å². The molecular weight excluding hydrogens is 254 g/mol. The van der Waals surface area contributed by atoms with Gasteiger partial charge >= 0.3 is 6.03 Å². The summed E-state index contributed by atoms with van der Waals surface area (Å²) in [5.41, 5.74) is 2.61. The molecule has 0 fully saturated rings. The van der Waals surface area contributed by atoms with Crippen LogP contribution in [0.3, 0.4) is 0 Å². The molecule has 0 bridgehead atoms. The molecule has 0 saturated heterocycles. The van der Waals surface area contributed by atoms with Gasteiger partial charge in [0.25, 0.3) is 0 Å². The number of carbonyl (C=O) groups is 2. The van der Waals surface area contributed by atoms with Crippen LogP contribution in [0, 0.1) is 6.92 Å². The van der Waals surface area contributed by atoms with Crippen LogP contribution in [0.1, 0.15) is 23.0 Å². The van der Waals surface area contributed by atoms with Gasteiger partial charge in [-0.15, -0.1) is 0 Å². The van der Waals surface area contributed by atoms with Gasteiger partial charge in [-0.25, -0.2) is 4.79 Å². The summed E-state index contributed by atoms with van der Waals surface area (Å²) in [7, 11) is 0. The second kappa shape index (κ2) is 5.97. The van der Waals surface area contributed by atoms with E-state index in [1.165, 1.54) is 6.92 Å². The SMILES string of the molecule is CC(=O)c1cccc(NC(=O)Nc2ccnc(C)c2)c1. The fourth-order valence-corrected chi connectivity index (χ4v) is 1.73. The number of hydrogen-bond donors (Lipinski definition) is 2. The van der Waals surface area contributed by atoms with E-state index in [4.69, 9.17) is 0 Å². The Balaban J connectivity index is 2.04. The van der Waals surface area contributed by atoms with Crippen molar-refractivity contribution in [3.05, 3.63) is 53.9 Å². The zero-order valence-electron chi connectivity index (χ0n) is 11.3. The van der Waals surface area contributed by atoms with Crippen molar-refractivity contribution in [3.8, 4) is 0 Å². The van der Waals surface area contributed by atoms with Crippen molar-refractivity contribution in [3.63, 3.8) is 0 Å². The van der Waals surface area contributed by atoms with E-state index in [1.54, 1.807) is 42.6 Å². The van der Waals surface area contributed by atoms with Crippen LogP contribution in [0.2, 0.25) is 0 Å². The number of ketones is 1. The third-order valence-electron chi connectivity index (χ3n) is 2.68. The van der Waals surface area contributed by atoms with Crippen LogP contribution < -0.4 is 10.6 Å². The van der Waals surface area contributed by atoms with Gasteiger partial charge in [0.2, 0.25) is 0 Å². The highest BCUT2D eigenvalue weighted by Gasteiger charge is 2.05. The molecule has 0 unspecified atom stereocenters. The molecule has 102 valence electrons. The maximum atomic E-state index is 11.8. The maximum Gasteiger partial charge on any atom is 0.323 e. The summed E-state index contributed by atoms with van der Waals surface area (Å²) in [6, 6.07) is 9.91. The molecule has 5 nitrogen and oxygen atoms in total. The minimum atomic E-state index is -0.365. The zero-order chi connectivity index (χ0) is 14.5. The van der Waals surface area contributed by atoms with E-state index in [0.717, 1.165) is 5.69 Å². The Morgan fingerprint density at radius 3 is 2.40 bits per heavy atom. The quantitative estimate of drug-likeness (QED) is 0.840. The molecule has 0 atom stereocenters. The molecule has 0 saturated carbocycles. The molecule has 20 heavy (non-hydrogen) atoms. The summed E-state index contributed by atoms with van der Waals surface area (Å²) < 4.78 is 0. The van der Waals surface area contributed by atoms with Crippen molar-refractivity contribution >= 4 is 23.2 Å². The number of aryl methyl sites for hydroxylation is 1. The van der Waals surface area contributed by atoms with E-state index in [1.807, 2.05) is 6.92 Å². The van der Waals surface area contributed by atoms with E-state index in [-0.39, 0.29) is 11.8 Å². The number of urea groups is 1. The molecule has 0 spiro atoms. The highest BCUT2D eigenvalue weighted by Crippen LogP contribution is 2.12. The standard InChI is InChI=1S/C15H15N3O2/c1-10-8-14(6-7-16-10)18-15(20)17-13-5-3-4-12(9-13)11(2)19/h3-9H,1-2H3,(H2,16,17,18,20). The molecule has 0 aliphatic rings. The van der Waals surface area contributed by atoms with Crippen molar-refractivity contribution in [2.45, 2.75) is 13.8 Å². The Bertz CT molecular complexity index is 653. The lowest BCUT2D eigenvalue weighted by Gasteiger charge is -2.08. The molecular formula is C15H15N3O2. The first-order chi connectivity index (χ1) is 9.54. The predicted octanol–water partition coefficient (Wildman–Crippen LogP) is 3.24. The molecule has 2 aromatic rings. The van der Waals surface area contributed by atoms with Crippen LogP contribution in [0.5, 0.6) is 0 Å². The second-order valence-electron chi connectivity index (χ2n) is 4.40. The van der Waals surface area contributed by atoms with Crippen LogP contribution in [0.4, 0.5) is 16.2 Å². The number of Topliss-reactive ketones (excluding diaryl/α,β-unsaturated/α-hetero) is 1. The van der Waals surface area contributed by atoms with Crippen LogP contribution in [0.25, 0.3) is 0 Å². The molecule has 1 heterocycles. The van der Waals surface area contributed by atoms with Gasteiger partial charge in [-0.2, -0.15) is 0 Å². The highest BCUT2D eigenvalue weighted by molar-refractivity contribution is 6.01. The smallest absolute Gasteiger partial charge is 0.308 e. The van der Waals surface area contributed by atoms with Crippen molar-refractivity contribution in [1.29, 1.82) is 0 Å². The summed E-state index contributed by atoms with van der Waals surface area (Å²) >= 11 is 0. The summed E-state index contributed by atoms with van der Waals surface area (Å²) in [4.78, 5) is 27.2. The Labute approximate surface area is 117 Å². The van der Waals surface area contributed by atoms with Crippen molar-refractivity contribution in [1.82, 2.24) is 4.98 Å². The summed E-state index contributed by atoms with van der Waals surface area (Å²) in [5.74, 6) is -0.0428. The predicted molar refractivity (Wildman–Crippen MR) is 78.1 cm³/mol. The van der Waals surface area contributed by atoms with E-state index >= 15 is 0 Å². The molecule has 5 heteroatoms. The zero-order valence-corrected chi connectivity index (χ0v) is 11.3. The van der Waals surface area contributed by atoms with Crippen LogP contribution >= 0.6 is 0 Å². The number of aromatic nitrogens is 1. The van der Waals surface area contributed by atoms with Crippen LogP contribution in [-0.2, 0) is 0 Å². The van der Waals surface area contributed by atoms with Gasteiger partial charge in [-0.1, -0.05) is 12.1 Å². The Kier molecular flexibility index (Phi) is 4.10. The number of amides is 2. The number of anilines is 2. The van der Waals surface area contributed by atoms with Gasteiger partial charge in [0.1, 0.15) is 0 Å². The average Bonchev–Trinajstić information content (AvgIpc) is 2.38. The highest BCUT2D eigenvalue weighted by atomic mass is 16.2. The first-order valence-electron chi connectivity index (χ1n) is 6.16. The summed E-state index contributed by atoms with van der Waals surface area (Å²) in [6.07, 6.45) is 1.63. The monoisotopic (exact) mass is 269 g/mol. The van der Waals surface area contributed by atoms with Crippen LogP contribution in [0.15, 0.2) is 42.6 Å². The third-order valence-corrected chi connectivity index (χ3v) is 2.68. The molecule has 0 aliphatic heterocycles. The third kappa shape index (κ3) is 3.65. The summed E-state index contributed by atoms with van der Waals surface area (Å²) in [6.45, 7) is 3.33. The fraction of sp³-hybridized carbons (Fsp3) is 0.133. The van der Waals surface area contributed by atoms with E-state index in [0.29, 0.717) is 16.9 Å². The summed E-state index contributed by atoms with van der Waals surface area (Å²) in [5, 5.41) is 5.39. The van der Waals surface area contributed by atoms with Gasteiger partial charge in [0, 0.05) is 28.8 Å². The number of hydrogen-bond acceptors (Lipinski definition) is 3. The molecule has 0 aliphatic carbocycles. The van der Waals surface area contributed by atoms with Gasteiger partial charge in [-0.3, -0.25) is 9.78 Å². The van der Waals surface area contributed by atoms with E-state index < -0.39 is 0 Å². The normalized spacial score (nSPS) is 9.90. The van der Waals surface area contributed by atoms with Crippen molar-refractivity contribution in [2.75, 3.05) is 10.6 Å². The van der Waals surface area contributed by atoms with Gasteiger partial charge in [-0.05, 0) is 38.1 Å². The molecule has 1 aromatic carbocycles. The topological polar surface area (TPSA) is 71.1 Å². The molecule has 1 aromatic heterocycles. The number of carbonyl (C=O) groups excluding carboxylic acids is 2. The van der Waals surface area contributed by atoms with Crippen molar-refractivity contribution in [2.24, 2.45) is 0 Å². The first-order valence-corrected chi connectivity index (χ1v) is 6.16. The Hall–Kier alpha value is -2.69. The maximum absolute atomic E-state index is 11.8. The second-order valence-corrected chi connectivity index (χ2v) is 4.40. The lowest BCUT2D eigenvalue weighted by Crippen LogP contribution is -2.19. The number of benzene rings is 1. The Morgan fingerprint density at radius 2 is 1.75 bits per heavy atom. The van der Waals surface area contributed by atoms with E-state index in [2.05, 4.69) is 15.6 Å². The largest absolute Gasteiger partial charge is 0.323 e. The van der Waals surface area contributed by atoms with Crippen LogP contribution in [-0.4, -0.2) is 16.8 Å². The molecule has 2 N–H and O–H groups in total. The minimum Gasteiger partial charge on any atom is -0.308 e. The average molecular weight is 269 g/mol. The minimum absolute atomic E-state index is 0.0428. The fourth-order valence-electron chi connectivity index (χ4n) is 1.73. The number of nitrogens with zero attached hydrogens (tertiary/aromatic N) is 1. The first kappa shape index (κ1) is 13.7. The number of rotatable bonds is 3. The lowest BCUT2D eigenvalue weighted by atomic mass is 10.1. The molecule has 0 radical (unpaired) electrons. The van der Waals surface area contributed by atoms with Gasteiger partial charge in [0.05, 0.1) is 0 Å². The molecule has 2 rings (SSSR count).